The highest BCUT2D eigenvalue weighted by molar-refractivity contribution is 5.28. The van der Waals surface area contributed by atoms with Crippen LogP contribution in [0.5, 0.6) is 0 Å². The second-order valence-corrected chi connectivity index (χ2v) is 4.84. The van der Waals surface area contributed by atoms with Crippen LogP contribution in [0.15, 0.2) is 36.5 Å². The fourth-order valence-electron chi connectivity index (χ4n) is 0.650. The molecule has 0 heterocycles. The Labute approximate surface area is 83.0 Å². The average Bonchev–Trinajstić information content (AvgIpc) is 1.97. The summed E-state index contributed by atoms with van der Waals surface area (Å²) in [6, 6.07) is 0. The highest BCUT2D eigenvalue weighted by atomic mass is 14.2. The van der Waals surface area contributed by atoms with Gasteiger partial charge in [0.05, 0.1) is 0 Å². The lowest BCUT2D eigenvalue weighted by atomic mass is 9.87. The van der Waals surface area contributed by atoms with E-state index in [1.807, 2.05) is 0 Å². The molecule has 0 spiro atoms. The largest absolute Gasteiger partial charge is 0.0956 e. The van der Waals surface area contributed by atoms with Gasteiger partial charge in [-0.3, -0.25) is 0 Å². The lowest BCUT2D eigenvalue weighted by molar-refractivity contribution is 0.519. The molecule has 0 saturated heterocycles. The molecule has 13 heavy (non-hydrogen) atoms. The average molecular weight is 178 g/mol. The van der Waals surface area contributed by atoms with E-state index in [9.17, 15) is 0 Å². The maximum atomic E-state index is 4.03. The molecule has 0 aromatic heterocycles. The third-order valence-electron chi connectivity index (χ3n) is 2.20. The van der Waals surface area contributed by atoms with E-state index in [0.29, 0.717) is 5.92 Å². The number of hydrogen-bond acceptors (Lipinski definition) is 0. The predicted molar refractivity (Wildman–Crippen MR) is 61.7 cm³/mol. The van der Waals surface area contributed by atoms with Crippen molar-refractivity contribution in [3.63, 3.8) is 0 Å². The molecule has 0 aliphatic carbocycles. The first-order valence-electron chi connectivity index (χ1n) is 4.81. The molecule has 0 unspecified atom stereocenters. The maximum absolute atomic E-state index is 4.03. The van der Waals surface area contributed by atoms with Crippen LogP contribution >= 0.6 is 0 Å². The molecule has 0 bridgehead atoms. The van der Waals surface area contributed by atoms with E-state index >= 15 is 0 Å². The lowest BCUT2D eigenvalue weighted by Gasteiger charge is -2.18. The summed E-state index contributed by atoms with van der Waals surface area (Å²) in [6.07, 6.45) is 4.14. The van der Waals surface area contributed by atoms with E-state index in [0.717, 1.165) is 11.1 Å². The van der Waals surface area contributed by atoms with Gasteiger partial charge < -0.3 is 0 Å². The zero-order valence-electron chi connectivity index (χ0n) is 9.65. The standard InChI is InChI=1S/C13H22/c1-10(2)11(3)8-9-12(4)13(5,6)7/h8-10H,3-4H2,1-2,5-7H3/b9-8-. The number of rotatable bonds is 3. The van der Waals surface area contributed by atoms with Gasteiger partial charge in [-0.05, 0) is 16.9 Å². The molecule has 0 rings (SSSR count). The van der Waals surface area contributed by atoms with E-state index in [2.05, 4.69) is 59.9 Å². The Kier molecular flexibility index (Phi) is 4.19. The molecule has 0 fully saturated rings. The van der Waals surface area contributed by atoms with Crippen molar-refractivity contribution in [1.82, 2.24) is 0 Å². The summed E-state index contributed by atoms with van der Waals surface area (Å²) in [4.78, 5) is 0. The van der Waals surface area contributed by atoms with Gasteiger partial charge in [0.2, 0.25) is 0 Å². The van der Waals surface area contributed by atoms with Crippen LogP contribution in [0.2, 0.25) is 0 Å². The molecule has 0 amide bonds. The summed E-state index contributed by atoms with van der Waals surface area (Å²) in [5.74, 6) is 0.518. The van der Waals surface area contributed by atoms with E-state index < -0.39 is 0 Å². The van der Waals surface area contributed by atoms with Crippen LogP contribution in [-0.2, 0) is 0 Å². The second kappa shape index (κ2) is 4.45. The van der Waals surface area contributed by atoms with Crippen molar-refractivity contribution in [2.24, 2.45) is 11.3 Å². The molecule has 0 aliphatic heterocycles. The minimum Gasteiger partial charge on any atom is -0.0956 e. The van der Waals surface area contributed by atoms with Crippen LogP contribution in [0.4, 0.5) is 0 Å². The fraction of sp³-hybridized carbons (Fsp3) is 0.538. The van der Waals surface area contributed by atoms with Crippen molar-refractivity contribution >= 4 is 0 Å². The molecular weight excluding hydrogens is 156 g/mol. The lowest BCUT2D eigenvalue weighted by Crippen LogP contribution is -2.06. The van der Waals surface area contributed by atoms with Crippen molar-refractivity contribution < 1.29 is 0 Å². The first-order valence-corrected chi connectivity index (χ1v) is 4.81. The van der Waals surface area contributed by atoms with Gasteiger partial charge in [-0.15, -0.1) is 0 Å². The Morgan fingerprint density at radius 1 is 1.08 bits per heavy atom. The Morgan fingerprint density at radius 3 is 1.85 bits per heavy atom. The Hall–Kier alpha value is -0.780. The van der Waals surface area contributed by atoms with Gasteiger partial charge in [0.15, 0.2) is 0 Å². The molecule has 0 N–H and O–H groups in total. The zero-order chi connectivity index (χ0) is 10.6. The molecule has 0 atom stereocenters. The van der Waals surface area contributed by atoms with Gasteiger partial charge >= 0.3 is 0 Å². The summed E-state index contributed by atoms with van der Waals surface area (Å²) >= 11 is 0. The number of hydrogen-bond donors (Lipinski definition) is 0. The normalized spacial score (nSPS) is 12.5. The fourth-order valence-corrected chi connectivity index (χ4v) is 0.650. The summed E-state index contributed by atoms with van der Waals surface area (Å²) < 4.78 is 0. The van der Waals surface area contributed by atoms with E-state index in [1.165, 1.54) is 0 Å². The highest BCUT2D eigenvalue weighted by Gasteiger charge is 2.11. The Morgan fingerprint density at radius 2 is 1.54 bits per heavy atom. The Bertz CT molecular complexity index is 221. The monoisotopic (exact) mass is 178 g/mol. The van der Waals surface area contributed by atoms with E-state index in [-0.39, 0.29) is 5.41 Å². The van der Waals surface area contributed by atoms with Gasteiger partial charge in [0.25, 0.3) is 0 Å². The highest BCUT2D eigenvalue weighted by Crippen LogP contribution is 2.25. The predicted octanol–water partition coefficient (Wildman–Crippen LogP) is 4.36. The van der Waals surface area contributed by atoms with Crippen LogP contribution in [0.25, 0.3) is 0 Å². The number of allylic oxidation sites excluding steroid dienone is 4. The van der Waals surface area contributed by atoms with Gasteiger partial charge in [0, 0.05) is 0 Å². The van der Waals surface area contributed by atoms with Crippen molar-refractivity contribution in [3.8, 4) is 0 Å². The van der Waals surface area contributed by atoms with Crippen molar-refractivity contribution in [2.45, 2.75) is 34.6 Å². The van der Waals surface area contributed by atoms with Crippen LogP contribution in [-0.4, -0.2) is 0 Å². The molecule has 0 saturated carbocycles. The van der Waals surface area contributed by atoms with E-state index in [4.69, 9.17) is 0 Å². The van der Waals surface area contributed by atoms with Gasteiger partial charge in [-0.25, -0.2) is 0 Å². The molecule has 0 aliphatic rings. The van der Waals surface area contributed by atoms with Gasteiger partial charge in [0.1, 0.15) is 0 Å². The molecular formula is C13H22. The molecule has 0 nitrogen and oxygen atoms in total. The SMILES string of the molecule is C=C(/C=C\C(=C)C(C)(C)C)C(C)C. The second-order valence-electron chi connectivity index (χ2n) is 4.84. The van der Waals surface area contributed by atoms with Crippen molar-refractivity contribution in [1.29, 1.82) is 0 Å². The smallest absolute Gasteiger partial charge is 0.0138 e. The van der Waals surface area contributed by atoms with E-state index in [1.54, 1.807) is 0 Å². The quantitative estimate of drug-likeness (QED) is 0.563. The van der Waals surface area contributed by atoms with Crippen molar-refractivity contribution in [3.05, 3.63) is 36.5 Å². The third kappa shape index (κ3) is 4.72. The van der Waals surface area contributed by atoms with Crippen molar-refractivity contribution in [2.75, 3.05) is 0 Å². The molecule has 0 radical (unpaired) electrons. The maximum Gasteiger partial charge on any atom is -0.0138 e. The first kappa shape index (κ1) is 12.2. The van der Waals surface area contributed by atoms with Crippen LogP contribution in [0, 0.1) is 11.3 Å². The zero-order valence-corrected chi connectivity index (χ0v) is 9.65. The molecule has 74 valence electrons. The van der Waals surface area contributed by atoms with Gasteiger partial charge in [-0.1, -0.05) is 65.5 Å². The summed E-state index contributed by atoms with van der Waals surface area (Å²) in [5.41, 5.74) is 2.47. The third-order valence-corrected chi connectivity index (χ3v) is 2.20. The summed E-state index contributed by atoms with van der Waals surface area (Å²) in [5, 5.41) is 0. The molecule has 0 aromatic carbocycles. The van der Waals surface area contributed by atoms with Crippen LogP contribution in [0.3, 0.4) is 0 Å². The molecule has 0 heteroatoms. The minimum absolute atomic E-state index is 0.160. The summed E-state index contributed by atoms with van der Waals surface area (Å²) in [6.45, 7) is 18.8. The molecule has 0 aromatic rings. The first-order chi connectivity index (χ1) is 5.75. The topological polar surface area (TPSA) is 0 Å². The van der Waals surface area contributed by atoms with Crippen LogP contribution < -0.4 is 0 Å². The van der Waals surface area contributed by atoms with Crippen LogP contribution in [0.1, 0.15) is 34.6 Å². The van der Waals surface area contributed by atoms with Gasteiger partial charge in [-0.2, -0.15) is 0 Å². The summed E-state index contributed by atoms with van der Waals surface area (Å²) in [7, 11) is 0. The minimum atomic E-state index is 0.160. The Balaban J connectivity index is 4.30.